The molecule has 0 aliphatic heterocycles. The van der Waals surface area contributed by atoms with Gasteiger partial charge in [0.25, 0.3) is 0 Å². The van der Waals surface area contributed by atoms with Crippen LogP contribution in [0, 0.1) is 6.92 Å². The lowest BCUT2D eigenvalue weighted by atomic mass is 10.1. The molecule has 2 rings (SSSR count). The Morgan fingerprint density at radius 3 is 2.38 bits per heavy atom. The molecule has 1 N–H and O–H groups in total. The van der Waals surface area contributed by atoms with Crippen LogP contribution >= 0.6 is 0 Å². The molecule has 1 atom stereocenters. The summed E-state index contributed by atoms with van der Waals surface area (Å²) in [5, 5.41) is 9.88. The van der Waals surface area contributed by atoms with E-state index < -0.39 is 6.10 Å². The van der Waals surface area contributed by atoms with Gasteiger partial charge in [0.05, 0.1) is 13.2 Å². The van der Waals surface area contributed by atoms with Crippen LogP contribution in [0.15, 0.2) is 42.5 Å². The Kier molecular flexibility index (Phi) is 5.23. The Hall–Kier alpha value is -2.00. The van der Waals surface area contributed by atoms with Crippen molar-refractivity contribution >= 4 is 0 Å². The van der Waals surface area contributed by atoms with E-state index in [-0.39, 0.29) is 0 Å². The number of hydrogen-bond acceptors (Lipinski definition) is 3. The zero-order valence-electron chi connectivity index (χ0n) is 12.8. The van der Waals surface area contributed by atoms with Gasteiger partial charge >= 0.3 is 0 Å². The fourth-order valence-corrected chi connectivity index (χ4v) is 2.09. The summed E-state index contributed by atoms with van der Waals surface area (Å²) in [6.07, 6.45) is 0.206. The highest BCUT2D eigenvalue weighted by molar-refractivity contribution is 5.43. The van der Waals surface area contributed by atoms with E-state index >= 15 is 0 Å². The average molecular weight is 286 g/mol. The maximum atomic E-state index is 9.88. The third kappa shape index (κ3) is 3.99. The van der Waals surface area contributed by atoms with Crippen LogP contribution in [0.3, 0.4) is 0 Å². The van der Waals surface area contributed by atoms with Gasteiger partial charge in [-0.05, 0) is 36.6 Å². The van der Waals surface area contributed by atoms with E-state index in [4.69, 9.17) is 9.47 Å². The molecule has 0 spiro atoms. The number of ether oxygens (including phenoxy) is 2. The lowest BCUT2D eigenvalue weighted by Gasteiger charge is -2.14. The number of aliphatic hydroxyl groups is 1. The van der Waals surface area contributed by atoms with Crippen molar-refractivity contribution in [3.63, 3.8) is 0 Å². The standard InChI is InChI=1S/C18H22O3/c1-4-16(19)15-9-10-17(18(11-15)20-3)21-12-14-7-5-13(2)6-8-14/h5-11,16,19H,4,12H2,1-3H3. The van der Waals surface area contributed by atoms with E-state index in [0.717, 1.165) is 11.1 Å². The second kappa shape index (κ2) is 7.14. The molecule has 0 radical (unpaired) electrons. The molecule has 3 nitrogen and oxygen atoms in total. The molecule has 0 saturated carbocycles. The molecule has 0 heterocycles. The van der Waals surface area contributed by atoms with Crippen LogP contribution in [0.2, 0.25) is 0 Å². The molecular weight excluding hydrogens is 264 g/mol. The molecule has 0 bridgehead atoms. The summed E-state index contributed by atoms with van der Waals surface area (Å²) in [5.41, 5.74) is 3.19. The molecule has 0 fully saturated rings. The number of aliphatic hydroxyl groups excluding tert-OH is 1. The Morgan fingerprint density at radius 1 is 1.05 bits per heavy atom. The van der Waals surface area contributed by atoms with Crippen molar-refractivity contribution in [2.45, 2.75) is 33.0 Å². The van der Waals surface area contributed by atoms with Crippen molar-refractivity contribution < 1.29 is 14.6 Å². The van der Waals surface area contributed by atoms with E-state index in [1.807, 2.05) is 25.1 Å². The summed E-state index contributed by atoms with van der Waals surface area (Å²) < 4.78 is 11.2. The number of benzene rings is 2. The Labute approximate surface area is 126 Å². The lowest BCUT2D eigenvalue weighted by Crippen LogP contribution is -2.00. The summed E-state index contributed by atoms with van der Waals surface area (Å²) in [6, 6.07) is 13.8. The lowest BCUT2D eigenvalue weighted by molar-refractivity contribution is 0.173. The highest BCUT2D eigenvalue weighted by atomic mass is 16.5. The van der Waals surface area contributed by atoms with Crippen LogP contribution < -0.4 is 9.47 Å². The minimum absolute atomic E-state index is 0.468. The van der Waals surface area contributed by atoms with Gasteiger partial charge < -0.3 is 14.6 Å². The molecule has 2 aromatic rings. The van der Waals surface area contributed by atoms with Gasteiger partial charge in [-0.3, -0.25) is 0 Å². The van der Waals surface area contributed by atoms with Crippen LogP contribution in [-0.4, -0.2) is 12.2 Å². The zero-order chi connectivity index (χ0) is 15.2. The van der Waals surface area contributed by atoms with Gasteiger partial charge in [-0.15, -0.1) is 0 Å². The average Bonchev–Trinajstić information content (AvgIpc) is 2.53. The maximum Gasteiger partial charge on any atom is 0.161 e. The fourth-order valence-electron chi connectivity index (χ4n) is 2.09. The monoisotopic (exact) mass is 286 g/mol. The van der Waals surface area contributed by atoms with Gasteiger partial charge in [-0.1, -0.05) is 42.8 Å². The number of hydrogen-bond donors (Lipinski definition) is 1. The molecule has 0 aliphatic carbocycles. The number of methoxy groups -OCH3 is 1. The van der Waals surface area contributed by atoms with Gasteiger partial charge in [-0.25, -0.2) is 0 Å². The van der Waals surface area contributed by atoms with E-state index in [2.05, 4.69) is 31.2 Å². The largest absolute Gasteiger partial charge is 0.493 e. The zero-order valence-corrected chi connectivity index (χ0v) is 12.8. The molecule has 1 unspecified atom stereocenters. The molecule has 2 aromatic carbocycles. The molecule has 0 amide bonds. The van der Waals surface area contributed by atoms with Crippen molar-refractivity contribution in [2.24, 2.45) is 0 Å². The Balaban J connectivity index is 2.10. The van der Waals surface area contributed by atoms with E-state index in [1.54, 1.807) is 7.11 Å². The second-order valence-electron chi connectivity index (χ2n) is 5.11. The van der Waals surface area contributed by atoms with Crippen molar-refractivity contribution in [3.05, 3.63) is 59.2 Å². The Morgan fingerprint density at radius 2 is 1.76 bits per heavy atom. The molecule has 3 heteroatoms. The van der Waals surface area contributed by atoms with Gasteiger partial charge in [0.2, 0.25) is 0 Å². The highest BCUT2D eigenvalue weighted by Crippen LogP contribution is 2.31. The fraction of sp³-hybridized carbons (Fsp3) is 0.333. The van der Waals surface area contributed by atoms with Crippen molar-refractivity contribution in [2.75, 3.05) is 7.11 Å². The van der Waals surface area contributed by atoms with Gasteiger partial charge in [0, 0.05) is 0 Å². The normalized spacial score (nSPS) is 12.0. The summed E-state index contributed by atoms with van der Waals surface area (Å²) in [6.45, 7) is 4.50. The first-order chi connectivity index (χ1) is 10.1. The number of aryl methyl sites for hydroxylation is 1. The van der Waals surface area contributed by atoms with Crippen LogP contribution in [0.4, 0.5) is 0 Å². The van der Waals surface area contributed by atoms with E-state index in [9.17, 15) is 5.11 Å². The quantitative estimate of drug-likeness (QED) is 0.871. The second-order valence-corrected chi connectivity index (χ2v) is 5.11. The minimum Gasteiger partial charge on any atom is -0.493 e. The predicted molar refractivity (Wildman–Crippen MR) is 83.8 cm³/mol. The van der Waals surface area contributed by atoms with Crippen LogP contribution in [0.1, 0.15) is 36.1 Å². The molecule has 112 valence electrons. The van der Waals surface area contributed by atoms with Crippen LogP contribution in [-0.2, 0) is 6.61 Å². The van der Waals surface area contributed by atoms with Gasteiger partial charge in [0.1, 0.15) is 6.61 Å². The smallest absolute Gasteiger partial charge is 0.161 e. The van der Waals surface area contributed by atoms with Crippen molar-refractivity contribution in [1.29, 1.82) is 0 Å². The van der Waals surface area contributed by atoms with Gasteiger partial charge in [0.15, 0.2) is 11.5 Å². The highest BCUT2D eigenvalue weighted by Gasteiger charge is 2.10. The first-order valence-corrected chi connectivity index (χ1v) is 7.18. The first-order valence-electron chi connectivity index (χ1n) is 7.18. The topological polar surface area (TPSA) is 38.7 Å². The Bertz CT molecular complexity index is 576. The molecule has 0 aromatic heterocycles. The van der Waals surface area contributed by atoms with E-state index in [1.165, 1.54) is 5.56 Å². The SMILES string of the molecule is CCC(O)c1ccc(OCc2ccc(C)cc2)c(OC)c1. The molecule has 0 saturated heterocycles. The van der Waals surface area contributed by atoms with E-state index in [0.29, 0.717) is 24.5 Å². The molecular formula is C18H22O3. The summed E-state index contributed by atoms with van der Waals surface area (Å²) in [7, 11) is 1.61. The third-order valence-corrected chi connectivity index (χ3v) is 3.47. The molecule has 0 aliphatic rings. The summed E-state index contributed by atoms with van der Waals surface area (Å²) in [4.78, 5) is 0. The summed E-state index contributed by atoms with van der Waals surface area (Å²) in [5.74, 6) is 1.33. The van der Waals surface area contributed by atoms with Crippen molar-refractivity contribution in [1.82, 2.24) is 0 Å². The maximum absolute atomic E-state index is 9.88. The van der Waals surface area contributed by atoms with Crippen LogP contribution in [0.25, 0.3) is 0 Å². The van der Waals surface area contributed by atoms with Crippen molar-refractivity contribution in [3.8, 4) is 11.5 Å². The minimum atomic E-state index is -0.468. The predicted octanol–water partition coefficient (Wildman–Crippen LogP) is 4.03. The van der Waals surface area contributed by atoms with Crippen LogP contribution in [0.5, 0.6) is 11.5 Å². The number of rotatable bonds is 6. The van der Waals surface area contributed by atoms with Gasteiger partial charge in [-0.2, -0.15) is 0 Å². The first kappa shape index (κ1) is 15.4. The third-order valence-electron chi connectivity index (χ3n) is 3.47. The molecule has 21 heavy (non-hydrogen) atoms. The summed E-state index contributed by atoms with van der Waals surface area (Å²) >= 11 is 0.